The number of nitrogens with two attached hydrogens (primary N) is 2. The van der Waals surface area contributed by atoms with Crippen LogP contribution in [0.5, 0.6) is 0 Å². The van der Waals surface area contributed by atoms with Gasteiger partial charge in [-0.3, -0.25) is 9.59 Å². The summed E-state index contributed by atoms with van der Waals surface area (Å²) in [5.41, 5.74) is 17.4. The Morgan fingerprint density at radius 3 is 2.26 bits per heavy atom. The Morgan fingerprint density at radius 2 is 1.63 bits per heavy atom. The van der Waals surface area contributed by atoms with Crippen molar-refractivity contribution >= 4 is 17.6 Å². The molecular weight excluding hydrogens is 438 g/mol. The number of carbonyl (C=O) groups is 2. The molecule has 0 aliphatic heterocycles. The Labute approximate surface area is 207 Å². The lowest BCUT2D eigenvalue weighted by Gasteiger charge is -2.25. The fourth-order valence-corrected chi connectivity index (χ4v) is 4.12. The normalized spacial score (nSPS) is 12.4. The SMILES string of the molecule is C=C(N)c1cccc(CC(C(=O)OC)C(CC)NC(=O)c2ccc(-c3cccc(CN)c3)cc2)c1. The first-order chi connectivity index (χ1) is 16.9. The van der Waals surface area contributed by atoms with Gasteiger partial charge in [0.2, 0.25) is 0 Å². The summed E-state index contributed by atoms with van der Waals surface area (Å²) in [5, 5.41) is 3.03. The molecule has 3 aromatic carbocycles. The second-order valence-corrected chi connectivity index (χ2v) is 8.53. The van der Waals surface area contributed by atoms with E-state index in [0.717, 1.165) is 27.8 Å². The largest absolute Gasteiger partial charge is 0.469 e. The summed E-state index contributed by atoms with van der Waals surface area (Å²) in [6.07, 6.45) is 0.974. The number of hydrogen-bond acceptors (Lipinski definition) is 5. The molecule has 0 spiro atoms. The fraction of sp³-hybridized carbons (Fsp3) is 0.241. The minimum atomic E-state index is -0.548. The molecular formula is C29H33N3O3. The van der Waals surface area contributed by atoms with E-state index in [1.807, 2.05) is 67.6 Å². The topological polar surface area (TPSA) is 107 Å². The van der Waals surface area contributed by atoms with E-state index in [2.05, 4.69) is 11.9 Å². The van der Waals surface area contributed by atoms with Gasteiger partial charge in [-0.15, -0.1) is 0 Å². The van der Waals surface area contributed by atoms with Crippen LogP contribution < -0.4 is 16.8 Å². The molecule has 0 fully saturated rings. The number of esters is 1. The third-order valence-electron chi connectivity index (χ3n) is 6.14. The van der Waals surface area contributed by atoms with Crippen molar-refractivity contribution in [3.8, 4) is 11.1 Å². The lowest BCUT2D eigenvalue weighted by molar-refractivity contribution is -0.146. The Kier molecular flexibility index (Phi) is 8.81. The number of benzene rings is 3. The van der Waals surface area contributed by atoms with Gasteiger partial charge in [-0.05, 0) is 64.9 Å². The minimum Gasteiger partial charge on any atom is -0.469 e. The third kappa shape index (κ3) is 6.58. The van der Waals surface area contributed by atoms with Crippen molar-refractivity contribution < 1.29 is 14.3 Å². The molecule has 0 aliphatic carbocycles. The van der Waals surface area contributed by atoms with E-state index in [0.29, 0.717) is 30.6 Å². The second-order valence-electron chi connectivity index (χ2n) is 8.53. The van der Waals surface area contributed by atoms with Gasteiger partial charge in [0.1, 0.15) is 0 Å². The molecule has 0 aromatic heterocycles. The van der Waals surface area contributed by atoms with E-state index < -0.39 is 12.0 Å². The van der Waals surface area contributed by atoms with E-state index >= 15 is 0 Å². The predicted octanol–water partition coefficient (Wildman–Crippen LogP) is 4.28. The first-order valence-electron chi connectivity index (χ1n) is 11.7. The Hall–Kier alpha value is -3.90. The van der Waals surface area contributed by atoms with Crippen molar-refractivity contribution in [2.45, 2.75) is 32.4 Å². The highest BCUT2D eigenvalue weighted by molar-refractivity contribution is 5.95. The van der Waals surface area contributed by atoms with E-state index in [1.54, 1.807) is 12.1 Å². The van der Waals surface area contributed by atoms with Gasteiger partial charge in [-0.2, -0.15) is 0 Å². The Balaban J connectivity index is 1.77. The summed E-state index contributed by atoms with van der Waals surface area (Å²) in [7, 11) is 1.36. The van der Waals surface area contributed by atoms with E-state index in [-0.39, 0.29) is 11.9 Å². The number of ether oxygens (including phenoxy) is 1. The van der Waals surface area contributed by atoms with Gasteiger partial charge in [0.25, 0.3) is 5.91 Å². The number of methoxy groups -OCH3 is 1. The molecule has 0 saturated carbocycles. The zero-order chi connectivity index (χ0) is 25.4. The zero-order valence-corrected chi connectivity index (χ0v) is 20.3. The third-order valence-corrected chi connectivity index (χ3v) is 6.14. The van der Waals surface area contributed by atoms with Crippen LogP contribution in [0.1, 0.15) is 40.4 Å². The molecule has 2 atom stereocenters. The molecule has 6 nitrogen and oxygen atoms in total. The molecule has 0 saturated heterocycles. The van der Waals surface area contributed by atoms with Crippen molar-refractivity contribution in [1.29, 1.82) is 0 Å². The molecule has 3 aromatic rings. The zero-order valence-electron chi connectivity index (χ0n) is 20.3. The van der Waals surface area contributed by atoms with Gasteiger partial charge in [-0.1, -0.05) is 62.0 Å². The van der Waals surface area contributed by atoms with Crippen LogP contribution in [0.3, 0.4) is 0 Å². The standard InChI is InChI=1S/C29H33N3O3/c1-4-27(26(29(34)35-3)17-20-7-5-9-24(15-20)19(2)31)32-28(33)23-13-11-22(12-14-23)25-10-6-8-21(16-25)18-30/h5-16,26-27H,2,4,17-18,30-31H2,1,3H3,(H,32,33). The molecule has 0 heterocycles. The summed E-state index contributed by atoms with van der Waals surface area (Å²) in [6, 6.07) is 22.6. The first-order valence-corrected chi connectivity index (χ1v) is 11.7. The molecule has 3 rings (SSSR count). The summed E-state index contributed by atoms with van der Waals surface area (Å²) in [5.74, 6) is -1.16. The highest BCUT2D eigenvalue weighted by Crippen LogP contribution is 2.22. The molecule has 2 unspecified atom stereocenters. The minimum absolute atomic E-state index is 0.239. The summed E-state index contributed by atoms with van der Waals surface area (Å²) in [4.78, 5) is 25.7. The smallest absolute Gasteiger partial charge is 0.311 e. The van der Waals surface area contributed by atoms with Crippen molar-refractivity contribution in [2.24, 2.45) is 17.4 Å². The highest BCUT2D eigenvalue weighted by Gasteiger charge is 2.30. The molecule has 182 valence electrons. The predicted molar refractivity (Wildman–Crippen MR) is 140 cm³/mol. The molecule has 6 heteroatoms. The van der Waals surface area contributed by atoms with Crippen LogP contribution in [0.4, 0.5) is 0 Å². The van der Waals surface area contributed by atoms with Crippen molar-refractivity contribution in [3.05, 3.63) is 102 Å². The number of nitrogens with one attached hydrogen (secondary N) is 1. The quantitative estimate of drug-likeness (QED) is 0.383. The van der Waals surface area contributed by atoms with Gasteiger partial charge < -0.3 is 21.5 Å². The van der Waals surface area contributed by atoms with E-state index in [4.69, 9.17) is 16.2 Å². The average Bonchev–Trinajstić information content (AvgIpc) is 2.90. The molecule has 5 N–H and O–H groups in total. The lowest BCUT2D eigenvalue weighted by Crippen LogP contribution is -2.44. The van der Waals surface area contributed by atoms with Crippen LogP contribution in [0, 0.1) is 5.92 Å². The molecule has 1 amide bonds. The van der Waals surface area contributed by atoms with E-state index in [9.17, 15) is 9.59 Å². The number of rotatable bonds is 10. The molecule has 0 aliphatic rings. The van der Waals surface area contributed by atoms with Gasteiger partial charge in [0, 0.05) is 23.8 Å². The number of hydrogen-bond donors (Lipinski definition) is 3. The summed E-state index contributed by atoms with van der Waals surface area (Å²) >= 11 is 0. The van der Waals surface area contributed by atoms with Gasteiger partial charge in [0.05, 0.1) is 13.0 Å². The van der Waals surface area contributed by atoms with Crippen LogP contribution in [-0.4, -0.2) is 25.0 Å². The van der Waals surface area contributed by atoms with Gasteiger partial charge in [-0.25, -0.2) is 0 Å². The van der Waals surface area contributed by atoms with Crippen LogP contribution in [0.15, 0.2) is 79.4 Å². The molecule has 0 radical (unpaired) electrons. The second kappa shape index (κ2) is 12.0. The Morgan fingerprint density at radius 1 is 0.943 bits per heavy atom. The highest BCUT2D eigenvalue weighted by atomic mass is 16.5. The average molecular weight is 472 g/mol. The van der Waals surface area contributed by atoms with Crippen LogP contribution >= 0.6 is 0 Å². The van der Waals surface area contributed by atoms with Gasteiger partial charge >= 0.3 is 5.97 Å². The maximum atomic E-state index is 13.1. The first kappa shape index (κ1) is 25.7. The molecule has 0 bridgehead atoms. The maximum absolute atomic E-state index is 13.1. The summed E-state index contributed by atoms with van der Waals surface area (Å²) in [6.45, 7) is 6.19. The summed E-state index contributed by atoms with van der Waals surface area (Å²) < 4.78 is 5.07. The van der Waals surface area contributed by atoms with Crippen molar-refractivity contribution in [2.75, 3.05) is 7.11 Å². The van der Waals surface area contributed by atoms with E-state index in [1.165, 1.54) is 7.11 Å². The van der Waals surface area contributed by atoms with Crippen LogP contribution in [0.25, 0.3) is 16.8 Å². The van der Waals surface area contributed by atoms with Gasteiger partial charge in [0.15, 0.2) is 0 Å². The van der Waals surface area contributed by atoms with Crippen molar-refractivity contribution in [1.82, 2.24) is 5.32 Å². The number of carbonyl (C=O) groups excluding carboxylic acids is 2. The number of amides is 1. The van der Waals surface area contributed by atoms with Crippen LogP contribution in [0.2, 0.25) is 0 Å². The van der Waals surface area contributed by atoms with Crippen LogP contribution in [-0.2, 0) is 22.5 Å². The maximum Gasteiger partial charge on any atom is 0.311 e. The van der Waals surface area contributed by atoms with Crippen molar-refractivity contribution in [3.63, 3.8) is 0 Å². The lowest BCUT2D eigenvalue weighted by atomic mass is 9.89. The molecule has 35 heavy (non-hydrogen) atoms. The Bertz CT molecular complexity index is 1190. The fourth-order valence-electron chi connectivity index (χ4n) is 4.12. The monoisotopic (exact) mass is 471 g/mol.